The lowest BCUT2D eigenvalue weighted by atomic mass is 9.47. The van der Waals surface area contributed by atoms with Crippen molar-refractivity contribution in [2.45, 2.75) is 44.4 Å². The summed E-state index contributed by atoms with van der Waals surface area (Å²) in [4.78, 5) is 10.7. The van der Waals surface area contributed by atoms with E-state index >= 15 is 0 Å². The highest BCUT2D eigenvalue weighted by Gasteiger charge is 2.67. The van der Waals surface area contributed by atoms with Crippen LogP contribution >= 0.6 is 0 Å². The van der Waals surface area contributed by atoms with Gasteiger partial charge in [-0.15, -0.1) is 0 Å². The number of hydrogen-bond acceptors (Lipinski definition) is 2. The van der Waals surface area contributed by atoms with E-state index in [-0.39, 0.29) is 0 Å². The molecule has 0 heterocycles. The molecule has 16 heavy (non-hydrogen) atoms. The summed E-state index contributed by atoms with van der Waals surface area (Å²) in [5.74, 6) is -4.02. The molecule has 4 aliphatic carbocycles. The molecule has 4 saturated carbocycles. The summed E-state index contributed by atoms with van der Waals surface area (Å²) in [6, 6.07) is 0. The summed E-state index contributed by atoms with van der Waals surface area (Å²) in [6.45, 7) is 0. The topological polar surface area (TPSA) is 40.1 Å². The molecule has 0 saturated heterocycles. The summed E-state index contributed by atoms with van der Waals surface area (Å²) in [6.07, 6.45) is 2.55. The summed E-state index contributed by atoms with van der Waals surface area (Å²) in [5.41, 5.74) is -1.28. The molecule has 0 unspecified atom stereocenters. The smallest absolute Gasteiger partial charge is 0.256 e. The number of alkyl halides is 2. The number of carboxylic acids is 1. The second kappa shape index (κ2) is 2.96. The monoisotopic (exact) mass is 229 g/mol. The fraction of sp³-hybridized carbons (Fsp3) is 0.917. The van der Waals surface area contributed by atoms with Gasteiger partial charge in [0.25, 0.3) is 5.92 Å². The van der Waals surface area contributed by atoms with Gasteiger partial charge < -0.3 is 9.90 Å². The molecule has 0 aromatic heterocycles. The standard InChI is InChI=1S/C12H16F2O2/c13-12(14)9-2-7-1-8(3-9)5-11(12,4-7)6-10(15)16/h7-9H,1-6H2,(H,15,16)/p-1/t7-,8-,9?,11?/m0/s1. The van der Waals surface area contributed by atoms with Gasteiger partial charge in [0.05, 0.1) is 0 Å². The van der Waals surface area contributed by atoms with Crippen LogP contribution in [0.1, 0.15) is 38.5 Å². The first-order chi connectivity index (χ1) is 7.43. The lowest BCUT2D eigenvalue weighted by Crippen LogP contribution is -2.61. The van der Waals surface area contributed by atoms with E-state index in [0.717, 1.165) is 6.42 Å². The Balaban J connectivity index is 1.98. The van der Waals surface area contributed by atoms with Crippen LogP contribution in [0.25, 0.3) is 0 Å². The minimum absolute atomic E-state index is 0.330. The van der Waals surface area contributed by atoms with Crippen LogP contribution in [0.15, 0.2) is 0 Å². The molecule has 4 heteroatoms. The van der Waals surface area contributed by atoms with Crippen LogP contribution in [0.3, 0.4) is 0 Å². The van der Waals surface area contributed by atoms with Gasteiger partial charge in [0, 0.05) is 17.3 Å². The van der Waals surface area contributed by atoms with Gasteiger partial charge in [-0.05, 0) is 50.4 Å². The number of carbonyl (C=O) groups excluding carboxylic acids is 1. The average Bonchev–Trinajstić information content (AvgIpc) is 2.12. The zero-order valence-electron chi connectivity index (χ0n) is 9.05. The van der Waals surface area contributed by atoms with E-state index in [1.54, 1.807) is 0 Å². The Bertz CT molecular complexity index is 326. The zero-order chi connectivity index (χ0) is 11.6. The van der Waals surface area contributed by atoms with Crippen LogP contribution < -0.4 is 5.11 Å². The molecule has 0 aliphatic heterocycles. The molecule has 2 atom stereocenters. The van der Waals surface area contributed by atoms with E-state index in [4.69, 9.17) is 0 Å². The number of carbonyl (C=O) groups is 1. The number of carboxylic acid groups (broad SMARTS) is 1. The lowest BCUT2D eigenvalue weighted by molar-refractivity contribution is -0.321. The number of halogens is 2. The molecule has 0 aromatic rings. The van der Waals surface area contributed by atoms with Crippen molar-refractivity contribution in [3.05, 3.63) is 0 Å². The van der Waals surface area contributed by atoms with E-state index in [0.29, 0.717) is 37.5 Å². The predicted octanol–water partition coefficient (Wildman–Crippen LogP) is 1.59. The van der Waals surface area contributed by atoms with Gasteiger partial charge in [0.2, 0.25) is 0 Å². The molecule has 0 amide bonds. The molecule has 0 aromatic carbocycles. The second-order valence-corrected chi connectivity index (χ2v) is 6.00. The van der Waals surface area contributed by atoms with E-state index in [1.807, 2.05) is 0 Å². The molecule has 4 rings (SSSR count). The van der Waals surface area contributed by atoms with E-state index < -0.39 is 29.6 Å². The van der Waals surface area contributed by atoms with Crippen LogP contribution in [-0.2, 0) is 4.79 Å². The van der Waals surface area contributed by atoms with E-state index in [9.17, 15) is 18.7 Å². The Labute approximate surface area is 93.0 Å². The maximum atomic E-state index is 14.2. The molecule has 0 spiro atoms. The zero-order valence-corrected chi connectivity index (χ0v) is 9.05. The molecule has 2 nitrogen and oxygen atoms in total. The Morgan fingerprint density at radius 1 is 1.19 bits per heavy atom. The van der Waals surface area contributed by atoms with Crippen molar-refractivity contribution in [3.63, 3.8) is 0 Å². The minimum atomic E-state index is -2.79. The third-order valence-corrected chi connectivity index (χ3v) is 4.96. The Kier molecular flexibility index (Phi) is 1.94. The van der Waals surface area contributed by atoms with Gasteiger partial charge in [-0.25, -0.2) is 8.78 Å². The van der Waals surface area contributed by atoms with Crippen LogP contribution in [-0.4, -0.2) is 11.9 Å². The van der Waals surface area contributed by atoms with Gasteiger partial charge in [-0.3, -0.25) is 0 Å². The van der Waals surface area contributed by atoms with Crippen LogP contribution in [0, 0.1) is 23.2 Å². The van der Waals surface area contributed by atoms with Crippen molar-refractivity contribution in [3.8, 4) is 0 Å². The Hall–Kier alpha value is -0.670. The first-order valence-electron chi connectivity index (χ1n) is 6.01. The van der Waals surface area contributed by atoms with E-state index in [1.165, 1.54) is 0 Å². The molecular formula is C12H15F2O2-. The molecule has 4 aliphatic rings. The molecule has 4 fully saturated rings. The summed E-state index contributed by atoms with van der Waals surface area (Å²) >= 11 is 0. The van der Waals surface area contributed by atoms with Crippen LogP contribution in [0.5, 0.6) is 0 Å². The van der Waals surface area contributed by atoms with Crippen molar-refractivity contribution < 1.29 is 18.7 Å². The van der Waals surface area contributed by atoms with E-state index in [2.05, 4.69) is 0 Å². The van der Waals surface area contributed by atoms with Gasteiger partial charge in [-0.2, -0.15) is 0 Å². The second-order valence-electron chi connectivity index (χ2n) is 6.00. The normalized spacial score (nSPS) is 48.2. The highest BCUT2D eigenvalue weighted by molar-refractivity contribution is 5.65. The largest absolute Gasteiger partial charge is 0.550 e. The summed E-state index contributed by atoms with van der Waals surface area (Å²) in [5, 5.41) is 10.7. The van der Waals surface area contributed by atoms with Gasteiger partial charge in [0.1, 0.15) is 0 Å². The SMILES string of the molecule is O=C([O-])CC12C[C@@H]3CC(C[C@H](C3)C1)C2(F)F. The molecule has 4 bridgehead atoms. The van der Waals surface area contributed by atoms with Crippen molar-refractivity contribution in [2.75, 3.05) is 0 Å². The lowest BCUT2D eigenvalue weighted by Gasteiger charge is -2.61. The first kappa shape index (κ1) is 10.5. The van der Waals surface area contributed by atoms with Crippen LogP contribution in [0.4, 0.5) is 8.78 Å². The third-order valence-electron chi connectivity index (χ3n) is 4.96. The van der Waals surface area contributed by atoms with Crippen LogP contribution in [0.2, 0.25) is 0 Å². The average molecular weight is 229 g/mol. The number of aliphatic carboxylic acids is 1. The van der Waals surface area contributed by atoms with Crippen molar-refractivity contribution in [2.24, 2.45) is 23.2 Å². The fourth-order valence-electron chi connectivity index (χ4n) is 4.63. The number of rotatable bonds is 2. The Morgan fingerprint density at radius 3 is 2.25 bits per heavy atom. The molecular weight excluding hydrogens is 214 g/mol. The summed E-state index contributed by atoms with van der Waals surface area (Å²) in [7, 11) is 0. The highest BCUT2D eigenvalue weighted by atomic mass is 19.3. The maximum Gasteiger partial charge on any atom is 0.256 e. The quantitative estimate of drug-likeness (QED) is 0.721. The first-order valence-corrected chi connectivity index (χ1v) is 6.01. The summed E-state index contributed by atoms with van der Waals surface area (Å²) < 4.78 is 28.5. The van der Waals surface area contributed by atoms with Gasteiger partial charge in [0.15, 0.2) is 0 Å². The fourth-order valence-corrected chi connectivity index (χ4v) is 4.63. The molecule has 0 radical (unpaired) electrons. The third kappa shape index (κ3) is 1.19. The minimum Gasteiger partial charge on any atom is -0.550 e. The van der Waals surface area contributed by atoms with Gasteiger partial charge in [-0.1, -0.05) is 0 Å². The Morgan fingerprint density at radius 2 is 1.75 bits per heavy atom. The molecule has 0 N–H and O–H groups in total. The van der Waals surface area contributed by atoms with Crippen molar-refractivity contribution in [1.29, 1.82) is 0 Å². The number of hydrogen-bond donors (Lipinski definition) is 0. The predicted molar refractivity (Wildman–Crippen MR) is 50.6 cm³/mol. The van der Waals surface area contributed by atoms with Crippen molar-refractivity contribution in [1.82, 2.24) is 0 Å². The maximum absolute atomic E-state index is 14.2. The van der Waals surface area contributed by atoms with Gasteiger partial charge >= 0.3 is 0 Å². The highest BCUT2D eigenvalue weighted by Crippen LogP contribution is 2.67. The van der Waals surface area contributed by atoms with Crippen molar-refractivity contribution >= 4 is 5.97 Å². The molecule has 90 valence electrons.